The summed E-state index contributed by atoms with van der Waals surface area (Å²) in [5.41, 5.74) is 10.1. The number of aromatic nitrogens is 2. The Kier molecular flexibility index (Phi) is 5.38. The highest BCUT2D eigenvalue weighted by Crippen LogP contribution is 2.41. The van der Waals surface area contributed by atoms with E-state index in [1.54, 1.807) is 0 Å². The molecule has 1 saturated heterocycles. The van der Waals surface area contributed by atoms with E-state index in [4.69, 9.17) is 33.7 Å². The number of piperidine rings is 1. The van der Waals surface area contributed by atoms with E-state index in [1.807, 2.05) is 36.4 Å². The molecule has 0 saturated carbocycles. The van der Waals surface area contributed by atoms with Crippen LogP contribution in [0.5, 0.6) is 5.75 Å². The van der Waals surface area contributed by atoms with Crippen LogP contribution in [0.3, 0.4) is 0 Å². The number of ether oxygens (including phenoxy) is 1. The van der Waals surface area contributed by atoms with Crippen LogP contribution in [0.1, 0.15) is 19.3 Å². The first-order chi connectivity index (χ1) is 16.1. The van der Waals surface area contributed by atoms with Crippen LogP contribution in [-0.2, 0) is 0 Å². The molecule has 0 bridgehead atoms. The van der Waals surface area contributed by atoms with E-state index < -0.39 is 0 Å². The Morgan fingerprint density at radius 1 is 0.848 bits per heavy atom. The summed E-state index contributed by atoms with van der Waals surface area (Å²) in [7, 11) is 0. The topological polar surface area (TPSA) is 70.1 Å². The summed E-state index contributed by atoms with van der Waals surface area (Å²) < 4.78 is 6.48. The molecule has 5 aromatic rings. The molecule has 4 N–H and O–H groups in total. The second-order valence-electron chi connectivity index (χ2n) is 9.06. The third kappa shape index (κ3) is 3.83. The summed E-state index contributed by atoms with van der Waals surface area (Å²) in [5, 5.41) is 5.81. The van der Waals surface area contributed by atoms with Gasteiger partial charge in [0.15, 0.2) is 5.75 Å². The molecule has 33 heavy (non-hydrogen) atoms. The summed E-state index contributed by atoms with van der Waals surface area (Å²) >= 11 is 12.7. The minimum Gasteiger partial charge on any atom is -0.489 e. The first-order valence-electron chi connectivity index (χ1n) is 11.5. The van der Waals surface area contributed by atoms with E-state index >= 15 is 0 Å². The van der Waals surface area contributed by atoms with Crippen LogP contribution in [-0.4, -0.2) is 47.2 Å². The summed E-state index contributed by atoms with van der Waals surface area (Å²) in [6, 6.07) is 14.4. The van der Waals surface area contributed by atoms with Crippen molar-refractivity contribution in [1.29, 1.82) is 0 Å². The maximum Gasteiger partial charge on any atom is 0.167 e. The number of benzene rings is 3. The van der Waals surface area contributed by atoms with Gasteiger partial charge in [0.05, 0.1) is 17.6 Å². The Morgan fingerprint density at radius 3 is 2.00 bits per heavy atom. The standard InChI is InChI=1S/C26H26Cl2N4O/c27-15-2-4-22-18(12-15)20-14-21-19-13-16(28)3-5-23(19)31-25(21)26(24(20)30-22)33-11-1-8-32-9-6-17(29)7-10-32/h2-5,12-14,17,30-31H,1,6-11,29H2. The second-order valence-corrected chi connectivity index (χ2v) is 9.93. The molecule has 6 rings (SSSR count). The number of hydrogen-bond donors (Lipinski definition) is 3. The maximum absolute atomic E-state index is 6.48. The Bertz CT molecular complexity index is 1390. The van der Waals surface area contributed by atoms with Crippen LogP contribution in [0.2, 0.25) is 10.0 Å². The number of nitrogens with two attached hydrogens (primary N) is 1. The molecule has 0 amide bonds. The van der Waals surface area contributed by atoms with Gasteiger partial charge in [-0.2, -0.15) is 0 Å². The van der Waals surface area contributed by atoms with Crippen molar-refractivity contribution in [3.63, 3.8) is 0 Å². The minimum absolute atomic E-state index is 0.356. The van der Waals surface area contributed by atoms with Gasteiger partial charge in [-0.15, -0.1) is 0 Å². The normalized spacial score (nSPS) is 16.0. The zero-order chi connectivity index (χ0) is 22.5. The van der Waals surface area contributed by atoms with E-state index in [9.17, 15) is 0 Å². The van der Waals surface area contributed by atoms with Gasteiger partial charge in [0.25, 0.3) is 0 Å². The highest BCUT2D eigenvalue weighted by molar-refractivity contribution is 6.33. The van der Waals surface area contributed by atoms with Crippen LogP contribution >= 0.6 is 23.2 Å². The number of aromatic amines is 2. The number of H-pyrrole nitrogens is 2. The molecule has 170 valence electrons. The van der Waals surface area contributed by atoms with Gasteiger partial charge in [-0.05, 0) is 74.8 Å². The Balaban J connectivity index is 1.41. The van der Waals surface area contributed by atoms with Gasteiger partial charge in [0.2, 0.25) is 0 Å². The molecule has 0 radical (unpaired) electrons. The van der Waals surface area contributed by atoms with Gasteiger partial charge in [-0.1, -0.05) is 23.2 Å². The van der Waals surface area contributed by atoms with Crippen molar-refractivity contribution in [1.82, 2.24) is 14.9 Å². The van der Waals surface area contributed by atoms with Crippen molar-refractivity contribution < 1.29 is 4.74 Å². The third-order valence-corrected chi connectivity index (χ3v) is 7.31. The van der Waals surface area contributed by atoms with Crippen LogP contribution < -0.4 is 10.5 Å². The summed E-state index contributed by atoms with van der Waals surface area (Å²) in [4.78, 5) is 9.61. The molecule has 0 aliphatic carbocycles. The van der Waals surface area contributed by atoms with Crippen LogP contribution in [0.15, 0.2) is 42.5 Å². The lowest BCUT2D eigenvalue weighted by atomic mass is 10.1. The molecule has 1 aliphatic rings. The number of likely N-dealkylation sites (tertiary alicyclic amines) is 1. The van der Waals surface area contributed by atoms with E-state index in [1.165, 1.54) is 0 Å². The third-order valence-electron chi connectivity index (χ3n) is 6.84. The number of nitrogens with zero attached hydrogens (tertiary/aromatic N) is 1. The van der Waals surface area contributed by atoms with Crippen LogP contribution in [0, 0.1) is 0 Å². The average Bonchev–Trinajstić information content (AvgIpc) is 3.35. The van der Waals surface area contributed by atoms with E-state index in [0.717, 1.165) is 88.3 Å². The highest BCUT2D eigenvalue weighted by Gasteiger charge is 2.19. The van der Waals surface area contributed by atoms with Crippen molar-refractivity contribution in [2.24, 2.45) is 5.73 Å². The van der Waals surface area contributed by atoms with Crippen LogP contribution in [0.4, 0.5) is 0 Å². The maximum atomic E-state index is 6.48. The first kappa shape index (κ1) is 21.1. The second kappa shape index (κ2) is 8.41. The van der Waals surface area contributed by atoms with Gasteiger partial charge in [0.1, 0.15) is 0 Å². The summed E-state index contributed by atoms with van der Waals surface area (Å²) in [6.07, 6.45) is 3.12. The largest absolute Gasteiger partial charge is 0.489 e. The molecule has 3 heterocycles. The Morgan fingerprint density at radius 2 is 1.42 bits per heavy atom. The molecular formula is C26H26Cl2N4O. The van der Waals surface area contributed by atoms with Gasteiger partial charge in [-0.25, -0.2) is 0 Å². The SMILES string of the molecule is NC1CCN(CCCOc2c3[nH]c4ccc(Cl)cc4c3cc3c2[nH]c2ccc(Cl)cc23)CC1. The van der Waals surface area contributed by atoms with Gasteiger partial charge in [0, 0.05) is 55.2 Å². The zero-order valence-electron chi connectivity index (χ0n) is 18.3. The molecule has 7 heteroatoms. The van der Waals surface area contributed by atoms with Crippen molar-refractivity contribution in [3.05, 3.63) is 52.5 Å². The van der Waals surface area contributed by atoms with E-state index in [2.05, 4.69) is 20.9 Å². The summed E-state index contributed by atoms with van der Waals surface area (Å²) in [5.74, 6) is 0.850. The fraction of sp³-hybridized carbons (Fsp3) is 0.308. The minimum atomic E-state index is 0.356. The smallest absolute Gasteiger partial charge is 0.167 e. The quantitative estimate of drug-likeness (QED) is 0.253. The van der Waals surface area contributed by atoms with E-state index in [-0.39, 0.29) is 0 Å². The predicted molar refractivity (Wildman–Crippen MR) is 139 cm³/mol. The van der Waals surface area contributed by atoms with Gasteiger partial charge >= 0.3 is 0 Å². The average molecular weight is 481 g/mol. The number of hydrogen-bond acceptors (Lipinski definition) is 3. The number of fused-ring (bicyclic) bond motifs is 6. The van der Waals surface area contributed by atoms with E-state index in [0.29, 0.717) is 22.7 Å². The fourth-order valence-corrected chi connectivity index (χ4v) is 5.42. The number of nitrogens with one attached hydrogen (secondary N) is 2. The molecule has 2 aromatic heterocycles. The van der Waals surface area contributed by atoms with Crippen molar-refractivity contribution in [2.75, 3.05) is 26.2 Å². The molecule has 0 unspecified atom stereocenters. The van der Waals surface area contributed by atoms with Crippen molar-refractivity contribution in [3.8, 4) is 5.75 Å². The van der Waals surface area contributed by atoms with Crippen molar-refractivity contribution in [2.45, 2.75) is 25.3 Å². The fourth-order valence-electron chi connectivity index (χ4n) is 5.08. The molecule has 0 spiro atoms. The molecule has 1 fully saturated rings. The first-order valence-corrected chi connectivity index (χ1v) is 12.3. The number of halogens is 2. The Hall–Kier alpha value is -2.44. The molecular weight excluding hydrogens is 455 g/mol. The Labute approximate surface area is 201 Å². The monoisotopic (exact) mass is 480 g/mol. The molecule has 1 aliphatic heterocycles. The van der Waals surface area contributed by atoms with Gasteiger partial charge < -0.3 is 25.3 Å². The van der Waals surface area contributed by atoms with Crippen LogP contribution in [0.25, 0.3) is 43.6 Å². The number of rotatable bonds is 5. The highest BCUT2D eigenvalue weighted by atomic mass is 35.5. The lowest BCUT2D eigenvalue weighted by Crippen LogP contribution is -2.40. The predicted octanol–water partition coefficient (Wildman–Crippen LogP) is 6.45. The lowest BCUT2D eigenvalue weighted by Gasteiger charge is -2.29. The van der Waals surface area contributed by atoms with Gasteiger partial charge in [-0.3, -0.25) is 0 Å². The molecule has 5 nitrogen and oxygen atoms in total. The lowest BCUT2D eigenvalue weighted by molar-refractivity contribution is 0.194. The molecule has 0 atom stereocenters. The van der Waals surface area contributed by atoms with Crippen molar-refractivity contribution >= 4 is 66.8 Å². The molecule has 3 aromatic carbocycles. The summed E-state index contributed by atoms with van der Waals surface area (Å²) in [6.45, 7) is 3.82. The zero-order valence-corrected chi connectivity index (χ0v) is 19.8.